The van der Waals surface area contributed by atoms with Crippen LogP contribution in [0.4, 0.5) is 0 Å². The van der Waals surface area contributed by atoms with Gasteiger partial charge in [-0.3, -0.25) is 4.79 Å². The molecule has 1 rings (SSSR count). The summed E-state index contributed by atoms with van der Waals surface area (Å²) in [6.07, 6.45) is 3.72. The molecule has 1 N–H and O–H groups in total. The maximum atomic E-state index is 12.2. The molecule has 0 unspecified atom stereocenters. The van der Waals surface area contributed by atoms with E-state index < -0.39 is 0 Å². The molecule has 0 aliphatic rings. The minimum absolute atomic E-state index is 0.117. The third kappa shape index (κ3) is 4.10. The third-order valence-electron chi connectivity index (χ3n) is 3.11. The standard InChI is InChI=1S/C14H23NO2S/c1-4-12-10-13(18-11(12)2)14(17)15(3)8-6-5-7-9-16/h10,16H,4-9H2,1-3H3. The lowest BCUT2D eigenvalue weighted by Gasteiger charge is -2.15. The fourth-order valence-electron chi connectivity index (χ4n) is 1.90. The highest BCUT2D eigenvalue weighted by Crippen LogP contribution is 2.23. The van der Waals surface area contributed by atoms with Gasteiger partial charge in [-0.25, -0.2) is 0 Å². The number of carbonyl (C=O) groups is 1. The second-order valence-corrected chi connectivity index (χ2v) is 5.81. The predicted molar refractivity (Wildman–Crippen MR) is 76.3 cm³/mol. The topological polar surface area (TPSA) is 40.5 Å². The van der Waals surface area contributed by atoms with Crippen molar-refractivity contribution >= 4 is 17.2 Å². The second-order valence-electron chi connectivity index (χ2n) is 4.56. The lowest BCUT2D eigenvalue weighted by Crippen LogP contribution is -2.27. The molecule has 102 valence electrons. The van der Waals surface area contributed by atoms with Crippen LogP contribution < -0.4 is 0 Å². The molecule has 0 radical (unpaired) electrons. The molecule has 4 heteroatoms. The minimum Gasteiger partial charge on any atom is -0.396 e. The number of unbranched alkanes of at least 4 members (excludes halogenated alkanes) is 2. The van der Waals surface area contributed by atoms with Crippen molar-refractivity contribution in [2.75, 3.05) is 20.2 Å². The molecule has 0 aromatic carbocycles. The quantitative estimate of drug-likeness (QED) is 0.773. The lowest BCUT2D eigenvalue weighted by atomic mass is 10.2. The Kier molecular flexibility index (Phi) is 6.36. The first-order valence-electron chi connectivity index (χ1n) is 6.55. The summed E-state index contributed by atoms with van der Waals surface area (Å²) in [5, 5.41) is 8.70. The van der Waals surface area contributed by atoms with E-state index in [0.29, 0.717) is 0 Å². The fourth-order valence-corrected chi connectivity index (χ4v) is 3.01. The molecule has 0 fully saturated rings. The summed E-state index contributed by atoms with van der Waals surface area (Å²) in [4.78, 5) is 16.0. The van der Waals surface area contributed by atoms with E-state index in [1.54, 1.807) is 16.2 Å². The molecule has 1 heterocycles. The van der Waals surface area contributed by atoms with Gasteiger partial charge in [0.2, 0.25) is 0 Å². The van der Waals surface area contributed by atoms with Crippen molar-refractivity contribution in [3.05, 3.63) is 21.4 Å². The maximum absolute atomic E-state index is 12.2. The Balaban J connectivity index is 2.51. The van der Waals surface area contributed by atoms with E-state index in [9.17, 15) is 4.79 Å². The molecule has 0 saturated heterocycles. The number of carbonyl (C=O) groups excluding carboxylic acids is 1. The smallest absolute Gasteiger partial charge is 0.263 e. The van der Waals surface area contributed by atoms with Gasteiger partial charge in [0.15, 0.2) is 0 Å². The second kappa shape index (κ2) is 7.54. The zero-order valence-electron chi connectivity index (χ0n) is 11.5. The van der Waals surface area contributed by atoms with E-state index in [-0.39, 0.29) is 12.5 Å². The Morgan fingerprint density at radius 3 is 2.67 bits per heavy atom. The largest absolute Gasteiger partial charge is 0.396 e. The Morgan fingerprint density at radius 1 is 1.39 bits per heavy atom. The first kappa shape index (κ1) is 15.2. The summed E-state index contributed by atoms with van der Waals surface area (Å²) in [6.45, 7) is 5.18. The van der Waals surface area contributed by atoms with Crippen LogP contribution in [0.2, 0.25) is 0 Å². The summed E-state index contributed by atoms with van der Waals surface area (Å²) in [5.41, 5.74) is 1.28. The summed E-state index contributed by atoms with van der Waals surface area (Å²) >= 11 is 1.59. The molecule has 0 saturated carbocycles. The van der Waals surface area contributed by atoms with Crippen LogP contribution in [0.5, 0.6) is 0 Å². The van der Waals surface area contributed by atoms with Crippen LogP contribution in [0, 0.1) is 6.92 Å². The number of hydrogen-bond donors (Lipinski definition) is 1. The molecule has 1 aromatic rings. The molecule has 0 aliphatic carbocycles. The molecule has 1 aromatic heterocycles. The molecule has 0 spiro atoms. The van der Waals surface area contributed by atoms with Gasteiger partial charge in [-0.1, -0.05) is 6.92 Å². The highest BCUT2D eigenvalue weighted by Gasteiger charge is 2.15. The minimum atomic E-state index is 0.117. The molecular weight excluding hydrogens is 246 g/mol. The Bertz CT molecular complexity index is 387. The maximum Gasteiger partial charge on any atom is 0.263 e. The predicted octanol–water partition coefficient (Wildman–Crippen LogP) is 2.85. The van der Waals surface area contributed by atoms with Gasteiger partial charge in [0.05, 0.1) is 4.88 Å². The Hall–Kier alpha value is -0.870. The number of amides is 1. The number of aryl methyl sites for hydroxylation is 2. The van der Waals surface area contributed by atoms with E-state index in [4.69, 9.17) is 5.11 Å². The SMILES string of the molecule is CCc1cc(C(=O)N(C)CCCCCO)sc1C. The van der Waals surface area contributed by atoms with E-state index in [2.05, 4.69) is 13.8 Å². The van der Waals surface area contributed by atoms with Crippen LogP contribution in [0.3, 0.4) is 0 Å². The van der Waals surface area contributed by atoms with Gasteiger partial charge in [-0.05, 0) is 44.2 Å². The molecular formula is C14H23NO2S. The van der Waals surface area contributed by atoms with Crippen molar-refractivity contribution < 1.29 is 9.90 Å². The van der Waals surface area contributed by atoms with E-state index in [1.807, 2.05) is 13.1 Å². The molecule has 0 bridgehead atoms. The number of thiophene rings is 1. The van der Waals surface area contributed by atoms with Crippen LogP contribution >= 0.6 is 11.3 Å². The van der Waals surface area contributed by atoms with E-state index in [0.717, 1.165) is 37.1 Å². The van der Waals surface area contributed by atoms with Crippen LogP contribution in [0.25, 0.3) is 0 Å². The average Bonchev–Trinajstić information content (AvgIpc) is 2.74. The summed E-state index contributed by atoms with van der Waals surface area (Å²) in [6, 6.07) is 2.02. The molecule has 0 atom stereocenters. The summed E-state index contributed by atoms with van der Waals surface area (Å²) < 4.78 is 0. The number of hydrogen-bond acceptors (Lipinski definition) is 3. The molecule has 3 nitrogen and oxygen atoms in total. The van der Waals surface area contributed by atoms with Gasteiger partial charge in [-0.2, -0.15) is 0 Å². The zero-order valence-corrected chi connectivity index (χ0v) is 12.3. The van der Waals surface area contributed by atoms with Crippen molar-refractivity contribution in [1.82, 2.24) is 4.90 Å². The van der Waals surface area contributed by atoms with E-state index in [1.165, 1.54) is 10.4 Å². The van der Waals surface area contributed by atoms with Crippen molar-refractivity contribution in [2.24, 2.45) is 0 Å². The Labute approximate surface area is 113 Å². The van der Waals surface area contributed by atoms with Gasteiger partial charge < -0.3 is 10.0 Å². The number of aliphatic hydroxyl groups is 1. The third-order valence-corrected chi connectivity index (χ3v) is 4.19. The van der Waals surface area contributed by atoms with Crippen LogP contribution in [-0.2, 0) is 6.42 Å². The number of rotatable bonds is 7. The van der Waals surface area contributed by atoms with Gasteiger partial charge in [0.1, 0.15) is 0 Å². The van der Waals surface area contributed by atoms with Gasteiger partial charge in [0.25, 0.3) is 5.91 Å². The van der Waals surface area contributed by atoms with Crippen LogP contribution in [0.15, 0.2) is 6.07 Å². The normalized spacial score (nSPS) is 10.7. The monoisotopic (exact) mass is 269 g/mol. The number of aliphatic hydroxyl groups excluding tert-OH is 1. The van der Waals surface area contributed by atoms with E-state index >= 15 is 0 Å². The number of nitrogens with zero attached hydrogens (tertiary/aromatic N) is 1. The molecule has 18 heavy (non-hydrogen) atoms. The first-order valence-corrected chi connectivity index (χ1v) is 7.37. The van der Waals surface area contributed by atoms with Crippen molar-refractivity contribution in [2.45, 2.75) is 39.5 Å². The summed E-state index contributed by atoms with van der Waals surface area (Å²) in [7, 11) is 1.85. The molecule has 1 amide bonds. The Morgan fingerprint density at radius 2 is 2.11 bits per heavy atom. The zero-order chi connectivity index (χ0) is 13.5. The van der Waals surface area contributed by atoms with Crippen molar-refractivity contribution in [1.29, 1.82) is 0 Å². The summed E-state index contributed by atoms with van der Waals surface area (Å²) in [5.74, 6) is 0.117. The van der Waals surface area contributed by atoms with Gasteiger partial charge >= 0.3 is 0 Å². The highest BCUT2D eigenvalue weighted by molar-refractivity contribution is 7.14. The van der Waals surface area contributed by atoms with Crippen molar-refractivity contribution in [3.63, 3.8) is 0 Å². The van der Waals surface area contributed by atoms with Crippen LogP contribution in [0.1, 0.15) is 46.3 Å². The van der Waals surface area contributed by atoms with Crippen molar-refractivity contribution in [3.8, 4) is 0 Å². The lowest BCUT2D eigenvalue weighted by molar-refractivity contribution is 0.0797. The average molecular weight is 269 g/mol. The first-order chi connectivity index (χ1) is 8.60. The van der Waals surface area contributed by atoms with Gasteiger partial charge in [0, 0.05) is 25.1 Å². The molecule has 0 aliphatic heterocycles. The fraction of sp³-hybridized carbons (Fsp3) is 0.643. The van der Waals surface area contributed by atoms with Gasteiger partial charge in [-0.15, -0.1) is 11.3 Å². The highest BCUT2D eigenvalue weighted by atomic mass is 32.1. The van der Waals surface area contributed by atoms with Crippen LogP contribution in [-0.4, -0.2) is 36.1 Å².